The molecular weight excluding hydrogens is 282 g/mol. The maximum absolute atomic E-state index is 11.4. The van der Waals surface area contributed by atoms with Crippen molar-refractivity contribution in [2.75, 3.05) is 0 Å². The molecular formula is C14H10ClNO2S. The third kappa shape index (κ3) is 3.14. The summed E-state index contributed by atoms with van der Waals surface area (Å²) in [5.74, 6) is -0.553. The highest BCUT2D eigenvalue weighted by molar-refractivity contribution is 7.20. The number of hydrogen-bond donors (Lipinski definition) is 0. The number of ether oxygens (including phenoxy) is 1. The number of hydrogen-bond acceptors (Lipinski definition) is 4. The highest BCUT2D eigenvalue weighted by Crippen LogP contribution is 2.35. The number of carbonyl (C=O) groups excluding carboxylic acids is 1. The second kappa shape index (κ2) is 5.87. The lowest BCUT2D eigenvalue weighted by Crippen LogP contribution is -2.10. The standard InChI is InChI=1S/C14H10ClNO2S/c1-9(8-16)18-13(17)7-6-12-14(15)10-4-2-3-5-11(10)19-12/h2-7,9H,1H3/b7-6+/t9-/m0/s1. The minimum absolute atomic E-state index is 0.553. The van der Waals surface area contributed by atoms with E-state index in [0.29, 0.717) is 5.02 Å². The number of esters is 1. The van der Waals surface area contributed by atoms with E-state index >= 15 is 0 Å². The number of benzene rings is 1. The Bertz CT molecular complexity index is 684. The predicted octanol–water partition coefficient (Wildman–Crippen LogP) is 4.02. The molecule has 2 rings (SSSR count). The molecule has 0 spiro atoms. The van der Waals surface area contributed by atoms with Crippen LogP contribution in [0, 0.1) is 11.3 Å². The quantitative estimate of drug-likeness (QED) is 0.634. The maximum Gasteiger partial charge on any atom is 0.332 e. The number of halogens is 1. The Morgan fingerprint density at radius 3 is 2.95 bits per heavy atom. The fourth-order valence-electron chi connectivity index (χ4n) is 1.52. The summed E-state index contributed by atoms with van der Waals surface area (Å²) in [4.78, 5) is 12.2. The molecule has 0 unspecified atom stereocenters. The molecule has 1 aromatic heterocycles. The smallest absolute Gasteiger partial charge is 0.332 e. The Morgan fingerprint density at radius 1 is 1.53 bits per heavy atom. The lowest BCUT2D eigenvalue weighted by atomic mass is 10.2. The van der Waals surface area contributed by atoms with Crippen LogP contribution in [0.1, 0.15) is 11.8 Å². The van der Waals surface area contributed by atoms with Crippen molar-refractivity contribution in [2.45, 2.75) is 13.0 Å². The third-order valence-electron chi connectivity index (χ3n) is 2.41. The van der Waals surface area contributed by atoms with Crippen molar-refractivity contribution in [3.8, 4) is 6.07 Å². The van der Waals surface area contributed by atoms with Crippen molar-refractivity contribution < 1.29 is 9.53 Å². The number of nitrogens with zero attached hydrogens (tertiary/aromatic N) is 1. The molecule has 5 heteroatoms. The van der Waals surface area contributed by atoms with E-state index in [9.17, 15) is 4.79 Å². The summed E-state index contributed by atoms with van der Waals surface area (Å²) in [6, 6.07) is 9.58. The van der Waals surface area contributed by atoms with Gasteiger partial charge in [0.1, 0.15) is 6.07 Å². The monoisotopic (exact) mass is 291 g/mol. The molecule has 2 aromatic rings. The number of thiophene rings is 1. The number of carbonyl (C=O) groups is 1. The van der Waals surface area contributed by atoms with Gasteiger partial charge in [0, 0.05) is 21.0 Å². The minimum atomic E-state index is -0.755. The highest BCUT2D eigenvalue weighted by Gasteiger charge is 2.08. The van der Waals surface area contributed by atoms with Gasteiger partial charge in [-0.05, 0) is 19.1 Å². The summed E-state index contributed by atoms with van der Waals surface area (Å²) in [5.41, 5.74) is 0. The lowest BCUT2D eigenvalue weighted by Gasteiger charge is -2.00. The summed E-state index contributed by atoms with van der Waals surface area (Å²) < 4.78 is 5.87. The van der Waals surface area contributed by atoms with Crippen LogP contribution < -0.4 is 0 Å². The molecule has 1 atom stereocenters. The van der Waals surface area contributed by atoms with Gasteiger partial charge >= 0.3 is 5.97 Å². The van der Waals surface area contributed by atoms with E-state index in [1.54, 1.807) is 6.08 Å². The predicted molar refractivity (Wildman–Crippen MR) is 77.0 cm³/mol. The average Bonchev–Trinajstić information content (AvgIpc) is 2.73. The van der Waals surface area contributed by atoms with E-state index in [-0.39, 0.29) is 0 Å². The second-order valence-corrected chi connectivity index (χ2v) is 5.28. The van der Waals surface area contributed by atoms with E-state index in [2.05, 4.69) is 0 Å². The number of fused-ring (bicyclic) bond motifs is 1. The van der Waals surface area contributed by atoms with Gasteiger partial charge in [0.2, 0.25) is 0 Å². The van der Waals surface area contributed by atoms with Gasteiger partial charge in [-0.3, -0.25) is 0 Å². The van der Waals surface area contributed by atoms with Gasteiger partial charge in [0.05, 0.1) is 5.02 Å². The maximum atomic E-state index is 11.4. The molecule has 3 nitrogen and oxygen atoms in total. The zero-order valence-corrected chi connectivity index (χ0v) is 11.7. The van der Waals surface area contributed by atoms with Gasteiger partial charge < -0.3 is 4.74 Å². The van der Waals surface area contributed by atoms with Crippen LogP contribution in [0.15, 0.2) is 30.3 Å². The topological polar surface area (TPSA) is 50.1 Å². The molecule has 0 amide bonds. The van der Waals surface area contributed by atoms with Gasteiger partial charge in [-0.2, -0.15) is 5.26 Å². The van der Waals surface area contributed by atoms with Crippen molar-refractivity contribution in [3.63, 3.8) is 0 Å². The van der Waals surface area contributed by atoms with Crippen molar-refractivity contribution in [3.05, 3.63) is 40.2 Å². The first-order chi connectivity index (χ1) is 9.11. The van der Waals surface area contributed by atoms with E-state index in [0.717, 1.165) is 15.0 Å². The van der Waals surface area contributed by atoms with Gasteiger partial charge in [-0.25, -0.2) is 4.79 Å². The largest absolute Gasteiger partial charge is 0.444 e. The van der Waals surface area contributed by atoms with Gasteiger partial charge in [-0.1, -0.05) is 29.8 Å². The Labute approximate surface area is 119 Å². The highest BCUT2D eigenvalue weighted by atomic mass is 35.5. The Morgan fingerprint density at radius 2 is 2.26 bits per heavy atom. The van der Waals surface area contributed by atoms with Crippen LogP contribution in [0.3, 0.4) is 0 Å². The average molecular weight is 292 g/mol. The minimum Gasteiger partial charge on any atom is -0.444 e. The van der Waals surface area contributed by atoms with E-state index in [1.165, 1.54) is 24.3 Å². The van der Waals surface area contributed by atoms with Crippen LogP contribution in [-0.4, -0.2) is 12.1 Å². The third-order valence-corrected chi connectivity index (χ3v) is 4.06. The van der Waals surface area contributed by atoms with Crippen LogP contribution in [0.5, 0.6) is 0 Å². The number of rotatable bonds is 3. The first kappa shape index (κ1) is 13.6. The Hall–Kier alpha value is -1.83. The summed E-state index contributed by atoms with van der Waals surface area (Å²) in [5, 5.41) is 10.1. The molecule has 1 heterocycles. The molecule has 0 N–H and O–H groups in total. The molecule has 0 aliphatic heterocycles. The zero-order chi connectivity index (χ0) is 13.8. The van der Waals surface area contributed by atoms with Crippen molar-refractivity contribution in [2.24, 2.45) is 0 Å². The molecule has 0 fully saturated rings. The normalized spacial score (nSPS) is 12.5. The molecule has 19 heavy (non-hydrogen) atoms. The van der Waals surface area contributed by atoms with Crippen LogP contribution in [0.4, 0.5) is 0 Å². The van der Waals surface area contributed by atoms with Gasteiger partial charge in [-0.15, -0.1) is 11.3 Å². The lowest BCUT2D eigenvalue weighted by molar-refractivity contribution is -0.139. The SMILES string of the molecule is C[C@@H](C#N)OC(=O)/C=C/c1sc2ccccc2c1Cl. The fraction of sp³-hybridized carbons (Fsp3) is 0.143. The first-order valence-corrected chi connectivity index (χ1v) is 6.76. The first-order valence-electron chi connectivity index (χ1n) is 5.57. The Kier molecular flexibility index (Phi) is 4.20. The van der Waals surface area contributed by atoms with Crippen LogP contribution in [0.25, 0.3) is 16.2 Å². The van der Waals surface area contributed by atoms with Gasteiger partial charge in [0.15, 0.2) is 6.10 Å². The zero-order valence-electron chi connectivity index (χ0n) is 10.1. The van der Waals surface area contributed by atoms with Gasteiger partial charge in [0.25, 0.3) is 0 Å². The molecule has 96 valence electrons. The molecule has 0 radical (unpaired) electrons. The molecule has 0 saturated carbocycles. The number of nitriles is 1. The van der Waals surface area contributed by atoms with Crippen LogP contribution in [0.2, 0.25) is 5.02 Å². The summed E-state index contributed by atoms with van der Waals surface area (Å²) in [6.07, 6.45) is 2.14. The molecule has 0 saturated heterocycles. The van der Waals surface area contributed by atoms with E-state index in [1.807, 2.05) is 30.3 Å². The summed E-state index contributed by atoms with van der Waals surface area (Å²) in [7, 11) is 0. The second-order valence-electron chi connectivity index (χ2n) is 3.82. The molecule has 0 aliphatic rings. The van der Waals surface area contributed by atoms with Crippen molar-refractivity contribution >= 4 is 45.1 Å². The van der Waals surface area contributed by atoms with E-state index in [4.69, 9.17) is 21.6 Å². The van der Waals surface area contributed by atoms with Crippen LogP contribution in [-0.2, 0) is 9.53 Å². The van der Waals surface area contributed by atoms with Crippen molar-refractivity contribution in [1.82, 2.24) is 0 Å². The molecule has 1 aromatic carbocycles. The molecule has 0 aliphatic carbocycles. The van der Waals surface area contributed by atoms with Crippen LogP contribution >= 0.6 is 22.9 Å². The Balaban J connectivity index is 2.20. The van der Waals surface area contributed by atoms with E-state index < -0.39 is 12.1 Å². The fourth-order valence-corrected chi connectivity index (χ4v) is 2.92. The molecule has 0 bridgehead atoms. The van der Waals surface area contributed by atoms with Crippen molar-refractivity contribution in [1.29, 1.82) is 5.26 Å². The summed E-state index contributed by atoms with van der Waals surface area (Å²) >= 11 is 7.73. The summed E-state index contributed by atoms with van der Waals surface area (Å²) in [6.45, 7) is 1.51.